The lowest BCUT2D eigenvalue weighted by Gasteiger charge is -2.22. The van der Waals surface area contributed by atoms with Crippen molar-refractivity contribution >= 4 is 6.09 Å². The summed E-state index contributed by atoms with van der Waals surface area (Å²) in [6.07, 6.45) is 6.96. The Kier molecular flexibility index (Phi) is 5.93. The minimum atomic E-state index is -0.442. The van der Waals surface area contributed by atoms with Gasteiger partial charge < -0.3 is 4.74 Å². The first-order chi connectivity index (χ1) is 8.40. The normalized spacial score (nSPS) is 25.3. The van der Waals surface area contributed by atoms with E-state index in [1.165, 1.54) is 25.7 Å². The first kappa shape index (κ1) is 15.3. The summed E-state index contributed by atoms with van der Waals surface area (Å²) in [6, 6.07) is 0.383. The summed E-state index contributed by atoms with van der Waals surface area (Å²) in [4.78, 5) is 11.5. The lowest BCUT2D eigenvalue weighted by molar-refractivity contribution is 0.0485. The molecule has 0 heterocycles. The zero-order chi connectivity index (χ0) is 13.6. The van der Waals surface area contributed by atoms with Crippen LogP contribution in [0, 0.1) is 5.92 Å². The van der Waals surface area contributed by atoms with E-state index in [0.29, 0.717) is 6.04 Å². The summed E-state index contributed by atoms with van der Waals surface area (Å²) in [6.45, 7) is 7.86. The number of ether oxygens (including phenoxy) is 1. The Morgan fingerprint density at radius 2 is 1.94 bits per heavy atom. The van der Waals surface area contributed by atoms with Crippen molar-refractivity contribution in [2.45, 2.75) is 77.9 Å². The molecule has 106 valence electrons. The maximum absolute atomic E-state index is 11.5. The van der Waals surface area contributed by atoms with E-state index in [4.69, 9.17) is 4.74 Å². The number of hydrogen-bond acceptors (Lipinski definition) is 3. The minimum Gasteiger partial charge on any atom is -0.443 e. The molecule has 0 saturated heterocycles. The lowest BCUT2D eigenvalue weighted by atomic mass is 9.98. The smallest absolute Gasteiger partial charge is 0.422 e. The summed E-state index contributed by atoms with van der Waals surface area (Å²) < 4.78 is 5.19. The van der Waals surface area contributed by atoms with Gasteiger partial charge in [0.2, 0.25) is 0 Å². The molecule has 1 saturated carbocycles. The average molecular weight is 256 g/mol. The van der Waals surface area contributed by atoms with Gasteiger partial charge in [-0.25, -0.2) is 10.2 Å². The monoisotopic (exact) mass is 256 g/mol. The topological polar surface area (TPSA) is 50.4 Å². The fourth-order valence-electron chi connectivity index (χ4n) is 2.40. The quantitative estimate of drug-likeness (QED) is 0.601. The van der Waals surface area contributed by atoms with Gasteiger partial charge in [-0.3, -0.25) is 5.43 Å². The number of carbonyl (C=O) groups excluding carboxylic acids is 1. The van der Waals surface area contributed by atoms with Crippen molar-refractivity contribution < 1.29 is 9.53 Å². The molecular weight excluding hydrogens is 228 g/mol. The van der Waals surface area contributed by atoms with Gasteiger partial charge in [0.15, 0.2) is 0 Å². The van der Waals surface area contributed by atoms with Crippen LogP contribution in [0.25, 0.3) is 0 Å². The second-order valence-electron chi connectivity index (χ2n) is 6.25. The van der Waals surface area contributed by atoms with E-state index in [0.717, 1.165) is 18.8 Å². The van der Waals surface area contributed by atoms with Gasteiger partial charge in [-0.1, -0.05) is 26.2 Å². The predicted molar refractivity (Wildman–Crippen MR) is 73.2 cm³/mol. The maximum Gasteiger partial charge on any atom is 0.422 e. The molecule has 4 heteroatoms. The number of carbonyl (C=O) groups is 1. The fraction of sp³-hybridized carbons (Fsp3) is 0.929. The first-order valence-electron chi connectivity index (χ1n) is 7.15. The van der Waals surface area contributed by atoms with Gasteiger partial charge >= 0.3 is 6.09 Å². The molecule has 1 amide bonds. The van der Waals surface area contributed by atoms with Crippen molar-refractivity contribution in [1.29, 1.82) is 0 Å². The van der Waals surface area contributed by atoms with Crippen LogP contribution >= 0.6 is 0 Å². The van der Waals surface area contributed by atoms with E-state index >= 15 is 0 Å². The Morgan fingerprint density at radius 3 is 2.56 bits per heavy atom. The molecule has 1 aliphatic carbocycles. The van der Waals surface area contributed by atoms with Gasteiger partial charge in [0, 0.05) is 6.04 Å². The molecule has 0 spiro atoms. The van der Waals surface area contributed by atoms with Crippen LogP contribution in [0.1, 0.15) is 66.2 Å². The minimum absolute atomic E-state index is 0.383. The predicted octanol–water partition coefficient (Wildman–Crippen LogP) is 3.37. The van der Waals surface area contributed by atoms with E-state index in [2.05, 4.69) is 17.8 Å². The van der Waals surface area contributed by atoms with E-state index in [1.807, 2.05) is 20.8 Å². The zero-order valence-corrected chi connectivity index (χ0v) is 12.2. The Labute approximate surface area is 111 Å². The Balaban J connectivity index is 2.25. The number of hydrazine groups is 1. The largest absolute Gasteiger partial charge is 0.443 e. The second-order valence-corrected chi connectivity index (χ2v) is 6.25. The molecule has 1 rings (SSSR count). The van der Waals surface area contributed by atoms with Crippen LogP contribution < -0.4 is 10.9 Å². The molecule has 0 aliphatic heterocycles. The van der Waals surface area contributed by atoms with Gasteiger partial charge in [0.1, 0.15) is 5.60 Å². The fourth-order valence-corrected chi connectivity index (χ4v) is 2.40. The molecule has 2 N–H and O–H groups in total. The van der Waals surface area contributed by atoms with E-state index in [-0.39, 0.29) is 0 Å². The first-order valence-corrected chi connectivity index (χ1v) is 7.15. The van der Waals surface area contributed by atoms with Crippen molar-refractivity contribution in [2.24, 2.45) is 5.92 Å². The summed E-state index contributed by atoms with van der Waals surface area (Å²) in [5.41, 5.74) is 5.32. The molecule has 1 fully saturated rings. The highest BCUT2D eigenvalue weighted by molar-refractivity contribution is 5.67. The summed E-state index contributed by atoms with van der Waals surface area (Å²) in [5.74, 6) is 0.860. The molecule has 4 nitrogen and oxygen atoms in total. The Morgan fingerprint density at radius 1 is 1.22 bits per heavy atom. The molecule has 2 unspecified atom stereocenters. The average Bonchev–Trinajstić information content (AvgIpc) is 2.49. The molecule has 0 radical (unpaired) electrons. The van der Waals surface area contributed by atoms with Crippen molar-refractivity contribution in [2.75, 3.05) is 0 Å². The highest BCUT2D eigenvalue weighted by atomic mass is 16.6. The molecule has 0 aromatic rings. The van der Waals surface area contributed by atoms with Crippen molar-refractivity contribution in [1.82, 2.24) is 10.9 Å². The van der Waals surface area contributed by atoms with Crippen LogP contribution in [0.5, 0.6) is 0 Å². The third-order valence-corrected chi connectivity index (χ3v) is 3.44. The van der Waals surface area contributed by atoms with Crippen molar-refractivity contribution in [3.8, 4) is 0 Å². The van der Waals surface area contributed by atoms with Crippen LogP contribution in [0.3, 0.4) is 0 Å². The van der Waals surface area contributed by atoms with Crippen molar-refractivity contribution in [3.05, 3.63) is 0 Å². The molecular formula is C14H28N2O2. The summed E-state index contributed by atoms with van der Waals surface area (Å²) >= 11 is 0. The van der Waals surface area contributed by atoms with Gasteiger partial charge in [-0.2, -0.15) is 0 Å². The summed E-state index contributed by atoms with van der Waals surface area (Å²) in [7, 11) is 0. The molecule has 18 heavy (non-hydrogen) atoms. The molecule has 1 aliphatic rings. The van der Waals surface area contributed by atoms with Gasteiger partial charge in [0.05, 0.1) is 0 Å². The highest BCUT2D eigenvalue weighted by Crippen LogP contribution is 2.25. The van der Waals surface area contributed by atoms with E-state index in [1.54, 1.807) is 0 Å². The highest BCUT2D eigenvalue weighted by Gasteiger charge is 2.20. The molecule has 0 bridgehead atoms. The van der Waals surface area contributed by atoms with Gasteiger partial charge in [-0.05, 0) is 46.0 Å². The summed E-state index contributed by atoms with van der Waals surface area (Å²) in [5, 5.41) is 0. The maximum atomic E-state index is 11.5. The van der Waals surface area contributed by atoms with Crippen LogP contribution in [-0.2, 0) is 4.74 Å². The number of nitrogens with one attached hydrogen (secondary N) is 2. The molecule has 0 aromatic carbocycles. The number of hydrogen-bond donors (Lipinski definition) is 2. The second kappa shape index (κ2) is 6.98. The third-order valence-electron chi connectivity index (χ3n) is 3.44. The lowest BCUT2D eigenvalue weighted by Crippen LogP contribution is -2.46. The van der Waals surface area contributed by atoms with Gasteiger partial charge in [0.25, 0.3) is 0 Å². The zero-order valence-electron chi connectivity index (χ0n) is 12.2. The molecule has 0 aromatic heterocycles. The third kappa shape index (κ3) is 6.24. The van der Waals surface area contributed by atoms with Crippen molar-refractivity contribution in [3.63, 3.8) is 0 Å². The van der Waals surface area contributed by atoms with E-state index in [9.17, 15) is 4.79 Å². The number of rotatable bonds is 3. The standard InChI is InChI=1S/C14H28N2O2/c1-5-11-7-6-8-12(10-9-11)15-16-13(17)18-14(2,3)4/h11-12,15H,5-10H2,1-4H3,(H,16,17). The van der Waals surface area contributed by atoms with Crippen LogP contribution in [0.2, 0.25) is 0 Å². The Hall–Kier alpha value is -0.770. The van der Waals surface area contributed by atoms with E-state index < -0.39 is 11.7 Å². The van der Waals surface area contributed by atoms with Gasteiger partial charge in [-0.15, -0.1) is 0 Å². The number of amides is 1. The SMILES string of the molecule is CCC1CCCC(NNC(=O)OC(C)(C)C)CC1. The van der Waals surface area contributed by atoms with Crippen LogP contribution in [0.4, 0.5) is 4.79 Å². The van der Waals surface area contributed by atoms with Crippen LogP contribution in [-0.4, -0.2) is 17.7 Å². The molecule has 2 atom stereocenters. The Bertz CT molecular complexity index is 261. The van der Waals surface area contributed by atoms with Crippen LogP contribution in [0.15, 0.2) is 0 Å².